The summed E-state index contributed by atoms with van der Waals surface area (Å²) in [7, 11) is 4.22. The van der Waals surface area contributed by atoms with Gasteiger partial charge in [0.15, 0.2) is 0 Å². The molecule has 21 heavy (non-hydrogen) atoms. The Hall–Kier alpha value is -1.36. The van der Waals surface area contributed by atoms with Crippen LogP contribution in [0, 0.1) is 18.8 Å². The van der Waals surface area contributed by atoms with E-state index in [0.717, 1.165) is 18.7 Å². The lowest BCUT2D eigenvalue weighted by Gasteiger charge is -2.27. The first-order chi connectivity index (χ1) is 9.88. The van der Waals surface area contributed by atoms with Gasteiger partial charge in [0.1, 0.15) is 0 Å². The molecule has 0 aromatic carbocycles. The van der Waals surface area contributed by atoms with E-state index in [1.54, 1.807) is 0 Å². The van der Waals surface area contributed by atoms with Gasteiger partial charge in [-0.15, -0.1) is 0 Å². The van der Waals surface area contributed by atoms with Crippen molar-refractivity contribution in [3.63, 3.8) is 0 Å². The third-order valence-corrected chi connectivity index (χ3v) is 4.52. The molecular formula is C16H28N4O. The third kappa shape index (κ3) is 3.84. The van der Waals surface area contributed by atoms with Gasteiger partial charge in [-0.25, -0.2) is 0 Å². The maximum Gasteiger partial charge on any atom is 0.224 e. The quantitative estimate of drug-likeness (QED) is 0.828. The van der Waals surface area contributed by atoms with Gasteiger partial charge in [-0.2, -0.15) is 5.10 Å². The molecule has 5 heteroatoms. The number of hydrogen-bond donors (Lipinski definition) is 0. The molecule has 1 aliphatic heterocycles. The molecule has 0 aliphatic carbocycles. The normalized spacial score (nSPS) is 22.5. The van der Waals surface area contributed by atoms with Gasteiger partial charge in [0.25, 0.3) is 0 Å². The third-order valence-electron chi connectivity index (χ3n) is 4.52. The van der Waals surface area contributed by atoms with Crippen LogP contribution >= 0.6 is 0 Å². The lowest BCUT2D eigenvalue weighted by molar-refractivity contribution is -0.130. The molecule has 1 fully saturated rings. The smallest absolute Gasteiger partial charge is 0.224 e. The van der Waals surface area contributed by atoms with E-state index in [0.29, 0.717) is 30.8 Å². The number of aromatic nitrogens is 2. The first kappa shape index (κ1) is 16.0. The lowest BCUT2D eigenvalue weighted by atomic mass is 9.91. The van der Waals surface area contributed by atoms with Crippen LogP contribution in [-0.4, -0.2) is 58.7 Å². The van der Waals surface area contributed by atoms with E-state index in [1.807, 2.05) is 28.9 Å². The molecular weight excluding hydrogens is 264 g/mol. The number of likely N-dealkylation sites (tertiary alicyclic amines) is 1. The summed E-state index contributed by atoms with van der Waals surface area (Å²) >= 11 is 0. The Kier molecular flexibility index (Phi) is 5.04. The van der Waals surface area contributed by atoms with Crippen molar-refractivity contribution in [3.8, 4) is 0 Å². The minimum Gasteiger partial charge on any atom is -0.341 e. The van der Waals surface area contributed by atoms with Crippen molar-refractivity contribution in [3.05, 3.63) is 18.0 Å². The fraction of sp³-hybridized carbons (Fsp3) is 0.750. The molecule has 118 valence electrons. The molecule has 2 atom stereocenters. The summed E-state index contributed by atoms with van der Waals surface area (Å²) in [6.45, 7) is 8.93. The van der Waals surface area contributed by atoms with Crippen molar-refractivity contribution >= 4 is 5.91 Å². The summed E-state index contributed by atoms with van der Waals surface area (Å²) < 4.78 is 1.85. The predicted octanol–water partition coefficient (Wildman–Crippen LogP) is 1.63. The van der Waals surface area contributed by atoms with Crippen molar-refractivity contribution in [1.29, 1.82) is 0 Å². The molecule has 2 rings (SSSR count). The summed E-state index contributed by atoms with van der Waals surface area (Å²) in [6, 6.07) is 0.473. The molecule has 0 unspecified atom stereocenters. The van der Waals surface area contributed by atoms with Gasteiger partial charge in [-0.3, -0.25) is 9.48 Å². The van der Waals surface area contributed by atoms with Crippen LogP contribution in [0.15, 0.2) is 12.4 Å². The van der Waals surface area contributed by atoms with Gasteiger partial charge < -0.3 is 9.80 Å². The minimum absolute atomic E-state index is 0.248. The standard InChI is InChI=1S/C16H28N4O/c1-12(2)14-10-19(11-15(14)18(4)5)16(21)6-7-20-9-13(3)8-17-20/h8-9,12,14-15H,6-7,10-11H2,1-5H3/t14-,15+/m1/s1. The molecule has 0 radical (unpaired) electrons. The monoisotopic (exact) mass is 292 g/mol. The average Bonchev–Trinajstić information content (AvgIpc) is 3.02. The summed E-state index contributed by atoms with van der Waals surface area (Å²) in [4.78, 5) is 16.7. The Morgan fingerprint density at radius 2 is 2.14 bits per heavy atom. The number of carbonyl (C=O) groups is 1. The molecule has 1 aromatic rings. The molecule has 2 heterocycles. The number of amides is 1. The number of hydrogen-bond acceptors (Lipinski definition) is 3. The van der Waals surface area contributed by atoms with E-state index in [4.69, 9.17) is 0 Å². The highest BCUT2D eigenvalue weighted by Gasteiger charge is 2.37. The molecule has 1 saturated heterocycles. The average molecular weight is 292 g/mol. The second kappa shape index (κ2) is 6.60. The van der Waals surface area contributed by atoms with Crippen LogP contribution < -0.4 is 0 Å². The van der Waals surface area contributed by atoms with E-state index >= 15 is 0 Å². The molecule has 0 saturated carbocycles. The molecule has 1 aromatic heterocycles. The van der Waals surface area contributed by atoms with Gasteiger partial charge in [0.2, 0.25) is 5.91 Å². The number of aryl methyl sites for hydroxylation is 2. The van der Waals surface area contributed by atoms with Gasteiger partial charge in [0.05, 0.1) is 6.20 Å². The Bertz CT molecular complexity index is 464. The molecule has 0 N–H and O–H groups in total. The van der Waals surface area contributed by atoms with Crippen molar-refractivity contribution in [2.45, 2.75) is 39.8 Å². The highest BCUT2D eigenvalue weighted by Crippen LogP contribution is 2.27. The molecule has 5 nitrogen and oxygen atoms in total. The summed E-state index contributed by atoms with van der Waals surface area (Å²) in [5.74, 6) is 1.41. The zero-order valence-corrected chi connectivity index (χ0v) is 13.9. The highest BCUT2D eigenvalue weighted by molar-refractivity contribution is 5.76. The van der Waals surface area contributed by atoms with Gasteiger partial charge in [-0.05, 0) is 38.4 Å². The second-order valence-corrected chi connectivity index (χ2v) is 6.77. The lowest BCUT2D eigenvalue weighted by Crippen LogP contribution is -2.37. The Morgan fingerprint density at radius 1 is 1.43 bits per heavy atom. The van der Waals surface area contributed by atoms with Crippen LogP contribution in [0.1, 0.15) is 25.8 Å². The van der Waals surface area contributed by atoms with E-state index in [-0.39, 0.29) is 5.91 Å². The van der Waals surface area contributed by atoms with E-state index in [1.165, 1.54) is 0 Å². The van der Waals surface area contributed by atoms with Crippen molar-refractivity contribution in [2.24, 2.45) is 11.8 Å². The maximum absolute atomic E-state index is 12.4. The number of likely N-dealkylation sites (N-methyl/N-ethyl adjacent to an activating group) is 1. The highest BCUT2D eigenvalue weighted by atomic mass is 16.2. The zero-order chi connectivity index (χ0) is 15.6. The van der Waals surface area contributed by atoms with Crippen LogP contribution in [0.3, 0.4) is 0 Å². The minimum atomic E-state index is 0.248. The predicted molar refractivity (Wildman–Crippen MR) is 84.0 cm³/mol. The van der Waals surface area contributed by atoms with Gasteiger partial charge in [0, 0.05) is 38.3 Å². The zero-order valence-electron chi connectivity index (χ0n) is 13.9. The maximum atomic E-state index is 12.4. The van der Waals surface area contributed by atoms with Crippen molar-refractivity contribution < 1.29 is 4.79 Å². The first-order valence-corrected chi connectivity index (χ1v) is 7.81. The van der Waals surface area contributed by atoms with Crippen LogP contribution in [0.4, 0.5) is 0 Å². The number of rotatable bonds is 5. The molecule has 1 aliphatic rings. The molecule has 0 bridgehead atoms. The number of carbonyl (C=O) groups excluding carboxylic acids is 1. The topological polar surface area (TPSA) is 41.4 Å². The second-order valence-electron chi connectivity index (χ2n) is 6.77. The summed E-state index contributed by atoms with van der Waals surface area (Å²) in [5.41, 5.74) is 1.14. The van der Waals surface area contributed by atoms with E-state index in [2.05, 4.69) is 37.9 Å². The SMILES string of the molecule is Cc1cnn(CCC(=O)N2C[C@H](C(C)C)[C@@H](N(C)C)C2)c1. The van der Waals surface area contributed by atoms with Crippen LogP contribution in [-0.2, 0) is 11.3 Å². The number of nitrogens with zero attached hydrogens (tertiary/aromatic N) is 4. The molecule has 1 amide bonds. The van der Waals surface area contributed by atoms with E-state index < -0.39 is 0 Å². The van der Waals surface area contributed by atoms with Crippen LogP contribution in [0.25, 0.3) is 0 Å². The van der Waals surface area contributed by atoms with Crippen molar-refractivity contribution in [2.75, 3.05) is 27.2 Å². The van der Waals surface area contributed by atoms with Crippen molar-refractivity contribution in [1.82, 2.24) is 19.6 Å². The van der Waals surface area contributed by atoms with Gasteiger partial charge >= 0.3 is 0 Å². The molecule has 0 spiro atoms. The van der Waals surface area contributed by atoms with Crippen LogP contribution in [0.2, 0.25) is 0 Å². The first-order valence-electron chi connectivity index (χ1n) is 7.81. The Labute approximate surface area is 127 Å². The summed E-state index contributed by atoms with van der Waals surface area (Å²) in [6.07, 6.45) is 4.35. The fourth-order valence-electron chi connectivity index (χ4n) is 3.17. The summed E-state index contributed by atoms with van der Waals surface area (Å²) in [5, 5.41) is 4.24. The largest absolute Gasteiger partial charge is 0.341 e. The fourth-order valence-corrected chi connectivity index (χ4v) is 3.17. The Morgan fingerprint density at radius 3 is 2.62 bits per heavy atom. The van der Waals surface area contributed by atoms with Crippen LogP contribution in [0.5, 0.6) is 0 Å². The van der Waals surface area contributed by atoms with Gasteiger partial charge in [-0.1, -0.05) is 13.8 Å². The van der Waals surface area contributed by atoms with E-state index in [9.17, 15) is 4.79 Å². The Balaban J connectivity index is 1.91.